The van der Waals surface area contributed by atoms with Crippen molar-refractivity contribution in [1.82, 2.24) is 9.55 Å². The number of anilines is 2. The van der Waals surface area contributed by atoms with Gasteiger partial charge in [-0.15, -0.1) is 0 Å². The second-order valence-corrected chi connectivity index (χ2v) is 8.05. The smallest absolute Gasteiger partial charge is 0.377 e. The summed E-state index contributed by atoms with van der Waals surface area (Å²) in [7, 11) is 0. The Kier molecular flexibility index (Phi) is 4.44. The van der Waals surface area contributed by atoms with Crippen LogP contribution in [0.1, 0.15) is 26.7 Å². The maximum absolute atomic E-state index is 14.0. The number of rotatable bonds is 4. The summed E-state index contributed by atoms with van der Waals surface area (Å²) < 4.78 is 48.3. The molecule has 0 N–H and O–H groups in total. The average Bonchev–Trinajstić information content (AvgIpc) is 3.42. The van der Waals surface area contributed by atoms with Crippen LogP contribution in [0.3, 0.4) is 0 Å². The minimum Gasteiger partial charge on any atom is -0.377 e. The fraction of sp³-hybridized carbons (Fsp3) is 0.722. The number of fused-ring (bicyclic) bond motifs is 1. The number of ether oxygens (including phenoxy) is 1. The minimum absolute atomic E-state index is 0.0550. The fourth-order valence-corrected chi connectivity index (χ4v) is 3.84. The fourth-order valence-electron chi connectivity index (χ4n) is 3.84. The van der Waals surface area contributed by atoms with Crippen LogP contribution in [0, 0.1) is 5.92 Å². The monoisotopic (exact) mass is 400 g/mol. The number of alkyl halides is 3. The Morgan fingerprint density at radius 1 is 1.39 bits per heavy atom. The van der Waals surface area contributed by atoms with E-state index < -0.39 is 30.4 Å². The number of ketones is 1. The highest BCUT2D eigenvalue weighted by molar-refractivity contribution is 5.87. The number of hydrogen-bond donors (Lipinski definition) is 0. The summed E-state index contributed by atoms with van der Waals surface area (Å²) in [5, 5.41) is 0. The number of halogens is 3. The van der Waals surface area contributed by atoms with Gasteiger partial charge < -0.3 is 14.5 Å². The Balaban J connectivity index is 1.77. The number of aromatic nitrogens is 2. The lowest BCUT2D eigenvalue weighted by Crippen LogP contribution is -2.57. The van der Waals surface area contributed by atoms with Crippen molar-refractivity contribution >= 4 is 17.5 Å². The van der Waals surface area contributed by atoms with Crippen molar-refractivity contribution in [3.8, 4) is 0 Å². The molecule has 7 nitrogen and oxygen atoms in total. The van der Waals surface area contributed by atoms with Gasteiger partial charge >= 0.3 is 6.18 Å². The number of carbonyl (C=O) groups is 1. The van der Waals surface area contributed by atoms with E-state index in [1.165, 1.54) is 6.07 Å². The normalized spacial score (nSPS) is 27.8. The summed E-state index contributed by atoms with van der Waals surface area (Å²) in [6.45, 7) is 3.36. The lowest BCUT2D eigenvalue weighted by Gasteiger charge is -2.37. The molecule has 3 heterocycles. The van der Waals surface area contributed by atoms with E-state index in [0.29, 0.717) is 38.4 Å². The predicted molar refractivity (Wildman–Crippen MR) is 95.7 cm³/mol. The molecule has 1 aliphatic carbocycles. The zero-order chi connectivity index (χ0) is 20.3. The molecule has 0 radical (unpaired) electrons. The number of nitrogens with zero attached hydrogens (tertiary/aromatic N) is 4. The molecule has 0 amide bonds. The quantitative estimate of drug-likeness (QED) is 0.765. The Hall–Kier alpha value is -2.10. The molecule has 1 saturated carbocycles. The summed E-state index contributed by atoms with van der Waals surface area (Å²) in [4.78, 5) is 32.3. The zero-order valence-corrected chi connectivity index (χ0v) is 15.8. The molecule has 0 spiro atoms. The van der Waals surface area contributed by atoms with E-state index in [-0.39, 0.29) is 23.7 Å². The van der Waals surface area contributed by atoms with Crippen LogP contribution in [-0.2, 0) is 16.1 Å². The second-order valence-electron chi connectivity index (χ2n) is 8.05. The standard InChI is InChI=1S/C18H23F3N4O3/c1-11-9-28-6-5-23(11)14-7-15(27)24-10-17(2,18(19,20)21)25(16(24)22-14)8-13(26)12-3-4-12/h7,11-12H,3-6,8-10H2,1-2H3. The van der Waals surface area contributed by atoms with Gasteiger partial charge in [-0.25, -0.2) is 0 Å². The average molecular weight is 400 g/mol. The van der Waals surface area contributed by atoms with Crippen molar-refractivity contribution in [3.05, 3.63) is 16.4 Å². The molecule has 1 aromatic rings. The molecule has 154 valence electrons. The van der Waals surface area contributed by atoms with Crippen molar-refractivity contribution < 1.29 is 22.7 Å². The number of Topliss-reactive ketones (excluding diaryl/α,β-unsaturated/α-hetero) is 1. The Morgan fingerprint density at radius 3 is 2.71 bits per heavy atom. The summed E-state index contributed by atoms with van der Waals surface area (Å²) in [5.74, 6) is -0.179. The Labute approximate surface area is 160 Å². The molecule has 10 heteroatoms. The SMILES string of the molecule is CC1COCCN1c1cc(=O)n2c(n1)N(CC(=O)C1CC1)C(C)(C(F)(F)F)C2. The largest absolute Gasteiger partial charge is 0.413 e. The molecule has 2 fully saturated rings. The van der Waals surface area contributed by atoms with Crippen molar-refractivity contribution in [2.75, 3.05) is 36.1 Å². The van der Waals surface area contributed by atoms with Crippen molar-refractivity contribution in [1.29, 1.82) is 0 Å². The summed E-state index contributed by atoms with van der Waals surface area (Å²) in [5.41, 5.74) is -2.90. The lowest BCUT2D eigenvalue weighted by atomic mass is 10.00. The van der Waals surface area contributed by atoms with Crippen molar-refractivity contribution in [2.24, 2.45) is 5.92 Å². The number of hydrogen-bond acceptors (Lipinski definition) is 6. The van der Waals surface area contributed by atoms with Gasteiger partial charge in [-0.05, 0) is 26.7 Å². The third-order valence-corrected chi connectivity index (χ3v) is 5.90. The molecule has 0 bridgehead atoms. The van der Waals surface area contributed by atoms with Crippen LogP contribution in [0.5, 0.6) is 0 Å². The molecule has 0 aromatic carbocycles. The van der Waals surface area contributed by atoms with E-state index in [1.807, 2.05) is 11.8 Å². The molecule has 1 aromatic heterocycles. The van der Waals surface area contributed by atoms with Gasteiger partial charge in [-0.2, -0.15) is 18.2 Å². The first-order valence-electron chi connectivity index (χ1n) is 9.45. The highest BCUT2D eigenvalue weighted by Gasteiger charge is 2.60. The second kappa shape index (κ2) is 6.47. The van der Waals surface area contributed by atoms with Gasteiger partial charge in [-0.1, -0.05) is 0 Å². The maximum atomic E-state index is 14.0. The van der Waals surface area contributed by atoms with E-state index >= 15 is 0 Å². The molecule has 2 unspecified atom stereocenters. The van der Waals surface area contributed by atoms with Gasteiger partial charge in [0.1, 0.15) is 5.82 Å². The molecule has 4 rings (SSSR count). The zero-order valence-electron chi connectivity index (χ0n) is 15.8. The van der Waals surface area contributed by atoms with Crippen LogP contribution in [0.4, 0.5) is 24.9 Å². The predicted octanol–water partition coefficient (Wildman–Crippen LogP) is 1.59. The minimum atomic E-state index is -4.62. The van der Waals surface area contributed by atoms with Crippen LogP contribution in [0.15, 0.2) is 10.9 Å². The Morgan fingerprint density at radius 2 is 2.11 bits per heavy atom. The lowest BCUT2D eigenvalue weighted by molar-refractivity contribution is -0.182. The Bertz CT molecular complexity index is 851. The maximum Gasteiger partial charge on any atom is 0.413 e. The first-order valence-corrected chi connectivity index (χ1v) is 9.45. The van der Waals surface area contributed by atoms with Gasteiger partial charge in [0, 0.05) is 18.5 Å². The van der Waals surface area contributed by atoms with Crippen LogP contribution >= 0.6 is 0 Å². The van der Waals surface area contributed by atoms with Crippen LogP contribution in [0.2, 0.25) is 0 Å². The van der Waals surface area contributed by atoms with Crippen molar-refractivity contribution in [3.63, 3.8) is 0 Å². The molecular weight excluding hydrogens is 377 g/mol. The molecule has 2 aliphatic heterocycles. The third-order valence-electron chi connectivity index (χ3n) is 5.90. The molecule has 1 saturated heterocycles. The van der Waals surface area contributed by atoms with Gasteiger partial charge in [-0.3, -0.25) is 14.2 Å². The summed E-state index contributed by atoms with van der Waals surface area (Å²) in [6.07, 6.45) is -3.20. The molecular formula is C18H23F3N4O3. The van der Waals surface area contributed by atoms with E-state index in [4.69, 9.17) is 4.74 Å². The molecule has 2 atom stereocenters. The first-order chi connectivity index (χ1) is 13.1. The van der Waals surface area contributed by atoms with E-state index in [2.05, 4.69) is 4.98 Å². The summed E-state index contributed by atoms with van der Waals surface area (Å²) in [6, 6.07) is 1.22. The van der Waals surface area contributed by atoms with E-state index in [9.17, 15) is 22.8 Å². The van der Waals surface area contributed by atoms with Crippen LogP contribution in [0.25, 0.3) is 0 Å². The highest BCUT2D eigenvalue weighted by atomic mass is 19.4. The first kappa shape index (κ1) is 19.2. The van der Waals surface area contributed by atoms with E-state index in [1.54, 1.807) is 0 Å². The van der Waals surface area contributed by atoms with Gasteiger partial charge in [0.25, 0.3) is 5.56 Å². The van der Waals surface area contributed by atoms with Gasteiger partial charge in [0.2, 0.25) is 5.95 Å². The molecule has 3 aliphatic rings. The topological polar surface area (TPSA) is 67.7 Å². The van der Waals surface area contributed by atoms with Crippen LogP contribution < -0.4 is 15.4 Å². The molecule has 28 heavy (non-hydrogen) atoms. The number of morpholine rings is 1. The van der Waals surface area contributed by atoms with E-state index in [0.717, 1.165) is 16.4 Å². The third kappa shape index (κ3) is 3.07. The van der Waals surface area contributed by atoms with Crippen molar-refractivity contribution in [2.45, 2.75) is 51.0 Å². The number of carbonyl (C=O) groups excluding carboxylic acids is 1. The van der Waals surface area contributed by atoms with Crippen LogP contribution in [-0.4, -0.2) is 59.4 Å². The van der Waals surface area contributed by atoms with Gasteiger partial charge in [0.15, 0.2) is 11.3 Å². The summed E-state index contributed by atoms with van der Waals surface area (Å²) >= 11 is 0. The van der Waals surface area contributed by atoms with Gasteiger partial charge in [0.05, 0.1) is 32.3 Å². The highest BCUT2D eigenvalue weighted by Crippen LogP contribution is 2.44.